The van der Waals surface area contributed by atoms with Gasteiger partial charge in [-0.15, -0.1) is 0 Å². The number of benzene rings is 2. The highest BCUT2D eigenvalue weighted by Crippen LogP contribution is 2.41. The minimum absolute atomic E-state index is 0.0883. The Labute approximate surface area is 257 Å². The number of amides is 1. The van der Waals surface area contributed by atoms with E-state index in [1.165, 1.54) is 32.5 Å². The van der Waals surface area contributed by atoms with Crippen molar-refractivity contribution in [2.45, 2.75) is 44.4 Å². The molecule has 1 fully saturated rings. The van der Waals surface area contributed by atoms with E-state index in [1.54, 1.807) is 36.4 Å². The topological polar surface area (TPSA) is 118 Å². The molecule has 9 nitrogen and oxygen atoms in total. The molecule has 4 aromatic rings. The number of aliphatic hydroxyl groups is 1. The smallest absolute Gasteiger partial charge is 0.279 e. The van der Waals surface area contributed by atoms with E-state index in [9.17, 15) is 14.7 Å². The molecule has 1 aliphatic rings. The van der Waals surface area contributed by atoms with Gasteiger partial charge in [-0.1, -0.05) is 66.4 Å². The van der Waals surface area contributed by atoms with E-state index in [0.717, 1.165) is 23.9 Å². The second-order valence-corrected chi connectivity index (χ2v) is 11.0. The first-order valence-electron chi connectivity index (χ1n) is 13.8. The number of halogens is 3. The van der Waals surface area contributed by atoms with Crippen LogP contribution in [-0.2, 0) is 13.6 Å². The van der Waals surface area contributed by atoms with Gasteiger partial charge in [-0.2, -0.15) is 5.10 Å². The van der Waals surface area contributed by atoms with Gasteiger partial charge in [0.25, 0.3) is 11.5 Å². The number of ether oxygens (including phenoxy) is 1. The fourth-order valence-electron chi connectivity index (χ4n) is 5.21. The summed E-state index contributed by atoms with van der Waals surface area (Å²) in [5.74, 6) is -1.05. The van der Waals surface area contributed by atoms with Crippen molar-refractivity contribution in [3.05, 3.63) is 92.1 Å². The molecule has 12 heteroatoms. The minimum atomic E-state index is -0.638. The van der Waals surface area contributed by atoms with Crippen molar-refractivity contribution >= 4 is 34.8 Å². The summed E-state index contributed by atoms with van der Waals surface area (Å²) < 4.78 is 22.0. The van der Waals surface area contributed by atoms with Gasteiger partial charge in [-0.3, -0.25) is 9.59 Å². The van der Waals surface area contributed by atoms with Crippen LogP contribution in [0.3, 0.4) is 0 Å². The van der Waals surface area contributed by atoms with Crippen LogP contribution < -0.4 is 20.9 Å². The summed E-state index contributed by atoms with van der Waals surface area (Å²) in [6.07, 6.45) is 4.39. The molecule has 0 spiro atoms. The highest BCUT2D eigenvalue weighted by atomic mass is 35.5. The van der Waals surface area contributed by atoms with Gasteiger partial charge in [-0.25, -0.2) is 14.1 Å². The molecule has 0 aliphatic heterocycles. The number of carbonyl (C=O) groups excluding carboxylic acids is 1. The number of hydrogen-bond acceptors (Lipinski definition) is 7. The van der Waals surface area contributed by atoms with Crippen LogP contribution in [0.15, 0.2) is 59.5 Å². The average molecular weight is 627 g/mol. The Morgan fingerprint density at radius 3 is 2.53 bits per heavy atom. The van der Waals surface area contributed by atoms with Gasteiger partial charge in [0.15, 0.2) is 0 Å². The first-order chi connectivity index (χ1) is 20.7. The van der Waals surface area contributed by atoms with Gasteiger partial charge >= 0.3 is 0 Å². The van der Waals surface area contributed by atoms with E-state index in [1.807, 2.05) is 0 Å². The molecular formula is C31H30Cl2FN5O4. The van der Waals surface area contributed by atoms with Crippen molar-refractivity contribution in [2.75, 3.05) is 12.4 Å². The lowest BCUT2D eigenvalue weighted by atomic mass is 9.92. The molecule has 3 N–H and O–H groups in total. The molecule has 2 atom stereocenters. The number of aryl methyl sites for hydroxylation is 1. The second-order valence-electron chi connectivity index (χ2n) is 10.3. The third-order valence-corrected chi connectivity index (χ3v) is 8.37. The fraction of sp³-hybridized carbons (Fsp3) is 0.290. The van der Waals surface area contributed by atoms with Gasteiger partial charge in [0.05, 0.1) is 40.2 Å². The number of rotatable bonds is 8. The molecule has 1 aliphatic carbocycles. The van der Waals surface area contributed by atoms with E-state index < -0.39 is 23.4 Å². The molecule has 0 saturated heterocycles. The molecule has 1 amide bonds. The Bertz CT molecular complexity index is 1730. The molecule has 2 aromatic carbocycles. The number of aliphatic hydroxyl groups excluding tert-OH is 1. The zero-order valence-corrected chi connectivity index (χ0v) is 25.0. The van der Waals surface area contributed by atoms with Crippen LogP contribution in [0.5, 0.6) is 5.88 Å². The molecule has 0 radical (unpaired) electrons. The van der Waals surface area contributed by atoms with Crippen LogP contribution in [0.2, 0.25) is 10.0 Å². The summed E-state index contributed by atoms with van der Waals surface area (Å²) in [5, 5.41) is 20.5. The zero-order valence-electron chi connectivity index (χ0n) is 23.5. The maximum absolute atomic E-state index is 15.5. The van der Waals surface area contributed by atoms with E-state index in [0.29, 0.717) is 23.1 Å². The summed E-state index contributed by atoms with van der Waals surface area (Å²) in [6, 6.07) is 12.7. The van der Waals surface area contributed by atoms with Gasteiger partial charge in [0.2, 0.25) is 5.88 Å². The number of anilines is 1. The number of hydrogen-bond donors (Lipinski definition) is 3. The van der Waals surface area contributed by atoms with Crippen LogP contribution in [0.4, 0.5) is 10.1 Å². The van der Waals surface area contributed by atoms with Crippen molar-refractivity contribution < 1.29 is 19.0 Å². The van der Waals surface area contributed by atoms with Crippen molar-refractivity contribution in [2.24, 2.45) is 7.05 Å². The van der Waals surface area contributed by atoms with Crippen molar-refractivity contribution in [3.8, 4) is 28.3 Å². The molecule has 0 bridgehead atoms. The third kappa shape index (κ3) is 6.42. The average Bonchev–Trinajstić information content (AvgIpc) is 2.99. The minimum Gasteiger partial charge on any atom is -0.481 e. The Kier molecular flexibility index (Phi) is 9.41. The maximum Gasteiger partial charge on any atom is 0.279 e. The second kappa shape index (κ2) is 13.2. The summed E-state index contributed by atoms with van der Waals surface area (Å²) in [7, 11) is 2.87. The number of methoxy groups -OCH3 is 1. The highest BCUT2D eigenvalue weighted by Gasteiger charge is 2.25. The Balaban J connectivity index is 1.44. The van der Waals surface area contributed by atoms with Gasteiger partial charge in [0.1, 0.15) is 11.4 Å². The standard InChI is InChI=1S/C31H30Cl2FN5O4/c1-39-31(42)20(13-14-36-39)29(41)37-24-11-6-8-18(28(24)33)17-7-5-9-19(27(17)32)25-15-22(34)21(30(38-25)43-2)16-35-23-10-3-4-12-26(23)40/h5-9,11,13-15,23,26,35,40H,3-4,10,12,16H2,1-2H3,(H,37,41). The van der Waals surface area contributed by atoms with E-state index in [4.69, 9.17) is 27.9 Å². The fourth-order valence-corrected chi connectivity index (χ4v) is 5.81. The number of aromatic nitrogens is 3. The van der Waals surface area contributed by atoms with E-state index in [-0.39, 0.29) is 51.0 Å². The number of nitrogens with one attached hydrogen (secondary N) is 2. The molecule has 2 heterocycles. The molecule has 224 valence electrons. The van der Waals surface area contributed by atoms with Crippen molar-refractivity contribution in [1.82, 2.24) is 20.1 Å². The van der Waals surface area contributed by atoms with Crippen molar-refractivity contribution in [1.29, 1.82) is 0 Å². The number of pyridine rings is 1. The van der Waals surface area contributed by atoms with Crippen molar-refractivity contribution in [3.63, 3.8) is 0 Å². The number of carbonyl (C=O) groups is 1. The molecule has 1 saturated carbocycles. The molecular weight excluding hydrogens is 596 g/mol. The van der Waals surface area contributed by atoms with Crippen LogP contribution >= 0.6 is 23.2 Å². The van der Waals surface area contributed by atoms with Gasteiger partial charge in [-0.05, 0) is 25.0 Å². The Hall–Kier alpha value is -3.83. The summed E-state index contributed by atoms with van der Waals surface area (Å²) >= 11 is 13.6. The first kappa shape index (κ1) is 30.6. The van der Waals surface area contributed by atoms with Gasteiger partial charge in [0, 0.05) is 48.6 Å². The predicted octanol–water partition coefficient (Wildman–Crippen LogP) is 5.61. The first-order valence-corrected chi connectivity index (χ1v) is 14.5. The Morgan fingerprint density at radius 1 is 1.09 bits per heavy atom. The van der Waals surface area contributed by atoms with Crippen LogP contribution in [-0.4, -0.2) is 45.0 Å². The lowest BCUT2D eigenvalue weighted by molar-refractivity contribution is 0.0899. The monoisotopic (exact) mass is 625 g/mol. The lowest BCUT2D eigenvalue weighted by Crippen LogP contribution is -2.41. The zero-order chi connectivity index (χ0) is 30.7. The van der Waals surface area contributed by atoms with E-state index in [2.05, 4.69) is 20.7 Å². The molecule has 43 heavy (non-hydrogen) atoms. The number of nitrogens with zero attached hydrogens (tertiary/aromatic N) is 3. The SMILES string of the molecule is COc1nc(-c2cccc(-c3cccc(NC(=O)c4ccnn(C)c4=O)c3Cl)c2Cl)cc(F)c1CNC1CCCCC1O. The van der Waals surface area contributed by atoms with E-state index >= 15 is 4.39 Å². The van der Waals surface area contributed by atoms with Crippen LogP contribution in [0.25, 0.3) is 22.4 Å². The summed E-state index contributed by atoms with van der Waals surface area (Å²) in [5.41, 5.74) is 1.64. The summed E-state index contributed by atoms with van der Waals surface area (Å²) in [4.78, 5) is 29.7. The Morgan fingerprint density at radius 2 is 1.79 bits per heavy atom. The quantitative estimate of drug-likeness (QED) is 0.233. The normalized spacial score (nSPS) is 16.6. The third-order valence-electron chi connectivity index (χ3n) is 7.56. The predicted molar refractivity (Wildman–Crippen MR) is 164 cm³/mol. The molecule has 5 rings (SSSR count). The van der Waals surface area contributed by atoms with Crippen LogP contribution in [0, 0.1) is 5.82 Å². The van der Waals surface area contributed by atoms with Gasteiger partial charge < -0.3 is 20.5 Å². The lowest BCUT2D eigenvalue weighted by Gasteiger charge is -2.28. The largest absolute Gasteiger partial charge is 0.481 e. The summed E-state index contributed by atoms with van der Waals surface area (Å²) in [6.45, 7) is 0.150. The molecule has 2 aromatic heterocycles. The maximum atomic E-state index is 15.5. The highest BCUT2D eigenvalue weighted by molar-refractivity contribution is 6.39. The molecule has 2 unspecified atom stereocenters. The van der Waals surface area contributed by atoms with Crippen LogP contribution in [0.1, 0.15) is 41.6 Å².